The van der Waals surface area contributed by atoms with Crippen molar-refractivity contribution >= 4 is 0 Å². The maximum atomic E-state index is 3.59. The summed E-state index contributed by atoms with van der Waals surface area (Å²) in [7, 11) is 0. The maximum absolute atomic E-state index is 3.59. The van der Waals surface area contributed by atoms with Gasteiger partial charge in [-0.1, -0.05) is 42.7 Å². The van der Waals surface area contributed by atoms with Gasteiger partial charge in [0.15, 0.2) is 0 Å². The van der Waals surface area contributed by atoms with E-state index in [1.54, 1.807) is 6.08 Å². The van der Waals surface area contributed by atoms with Crippen LogP contribution in [0, 0.1) is 11.8 Å². The van der Waals surface area contributed by atoms with Crippen molar-refractivity contribution in [3.8, 4) is 11.8 Å². The second-order valence-corrected chi connectivity index (χ2v) is 2.11. The van der Waals surface area contributed by atoms with E-state index >= 15 is 0 Å². The molecular formula is C12H14. The molecule has 0 unspecified atom stereocenters. The van der Waals surface area contributed by atoms with Crippen molar-refractivity contribution in [2.75, 3.05) is 0 Å². The van der Waals surface area contributed by atoms with E-state index in [0.717, 1.165) is 5.57 Å². The van der Waals surface area contributed by atoms with E-state index in [4.69, 9.17) is 0 Å². The number of allylic oxidation sites excluding steroid dienone is 7. The van der Waals surface area contributed by atoms with Crippen LogP contribution in [0.4, 0.5) is 0 Å². The quantitative estimate of drug-likeness (QED) is 0.427. The molecule has 0 bridgehead atoms. The van der Waals surface area contributed by atoms with Gasteiger partial charge in [0.25, 0.3) is 0 Å². The van der Waals surface area contributed by atoms with E-state index in [2.05, 4.69) is 18.4 Å². The van der Waals surface area contributed by atoms with Crippen LogP contribution >= 0.6 is 0 Å². The highest BCUT2D eigenvalue weighted by atomic mass is 13.8. The van der Waals surface area contributed by atoms with Crippen LogP contribution in [-0.4, -0.2) is 0 Å². The van der Waals surface area contributed by atoms with Crippen molar-refractivity contribution in [1.29, 1.82) is 0 Å². The number of hydrogen-bond donors (Lipinski definition) is 0. The topological polar surface area (TPSA) is 0 Å². The molecule has 0 radical (unpaired) electrons. The van der Waals surface area contributed by atoms with Gasteiger partial charge in [0.05, 0.1) is 0 Å². The van der Waals surface area contributed by atoms with Crippen molar-refractivity contribution in [3.05, 3.63) is 48.6 Å². The first-order valence-corrected chi connectivity index (χ1v) is 3.93. The predicted octanol–water partition coefficient (Wildman–Crippen LogP) is 3.25. The monoisotopic (exact) mass is 158 g/mol. The largest absolute Gasteiger partial charge is 0.0991 e. The number of rotatable bonds is 2. The SMILES string of the molecule is C=C/C=C\C(C#C/C=C/C)=C/C. The van der Waals surface area contributed by atoms with Crippen LogP contribution in [0.2, 0.25) is 0 Å². The summed E-state index contributed by atoms with van der Waals surface area (Å²) >= 11 is 0. The summed E-state index contributed by atoms with van der Waals surface area (Å²) in [5.41, 5.74) is 1.01. The van der Waals surface area contributed by atoms with Gasteiger partial charge in [-0.25, -0.2) is 0 Å². The van der Waals surface area contributed by atoms with Crippen LogP contribution in [0.15, 0.2) is 48.6 Å². The summed E-state index contributed by atoms with van der Waals surface area (Å²) in [6.45, 7) is 7.50. The highest BCUT2D eigenvalue weighted by Gasteiger charge is 1.78. The molecule has 0 heteroatoms. The lowest BCUT2D eigenvalue weighted by atomic mass is 10.2. The molecule has 0 saturated carbocycles. The molecule has 0 amide bonds. The van der Waals surface area contributed by atoms with Gasteiger partial charge in [0, 0.05) is 5.57 Å². The Morgan fingerprint density at radius 3 is 2.58 bits per heavy atom. The van der Waals surface area contributed by atoms with Crippen LogP contribution < -0.4 is 0 Å². The van der Waals surface area contributed by atoms with Crippen LogP contribution in [0.5, 0.6) is 0 Å². The van der Waals surface area contributed by atoms with Crippen LogP contribution in [0.25, 0.3) is 0 Å². The van der Waals surface area contributed by atoms with Gasteiger partial charge < -0.3 is 0 Å². The molecule has 0 heterocycles. The second kappa shape index (κ2) is 7.63. The summed E-state index contributed by atoms with van der Waals surface area (Å²) in [5, 5.41) is 0. The summed E-state index contributed by atoms with van der Waals surface area (Å²) in [4.78, 5) is 0. The van der Waals surface area contributed by atoms with Crippen LogP contribution in [0.1, 0.15) is 13.8 Å². The zero-order valence-electron chi connectivity index (χ0n) is 7.67. The minimum Gasteiger partial charge on any atom is -0.0991 e. The fraction of sp³-hybridized carbons (Fsp3) is 0.167. The Labute approximate surface area is 75.0 Å². The van der Waals surface area contributed by atoms with E-state index in [-0.39, 0.29) is 0 Å². The minimum absolute atomic E-state index is 1.01. The molecule has 0 N–H and O–H groups in total. The molecule has 62 valence electrons. The van der Waals surface area contributed by atoms with Crippen molar-refractivity contribution in [2.24, 2.45) is 0 Å². The van der Waals surface area contributed by atoms with Gasteiger partial charge in [0.1, 0.15) is 0 Å². The molecule has 0 aromatic heterocycles. The normalized spacial score (nSPS) is 11.7. The van der Waals surface area contributed by atoms with Gasteiger partial charge in [0.2, 0.25) is 0 Å². The van der Waals surface area contributed by atoms with E-state index in [1.807, 2.05) is 44.2 Å². The van der Waals surface area contributed by atoms with Gasteiger partial charge >= 0.3 is 0 Å². The van der Waals surface area contributed by atoms with Gasteiger partial charge in [-0.2, -0.15) is 0 Å². The third-order valence-electron chi connectivity index (χ3n) is 1.19. The van der Waals surface area contributed by atoms with Gasteiger partial charge in [-0.3, -0.25) is 0 Å². The first-order valence-electron chi connectivity index (χ1n) is 3.93. The molecular weight excluding hydrogens is 144 g/mol. The average Bonchev–Trinajstić information content (AvgIpc) is 2.11. The maximum Gasteiger partial charge on any atom is 0.0206 e. The third-order valence-corrected chi connectivity index (χ3v) is 1.19. The Morgan fingerprint density at radius 1 is 1.33 bits per heavy atom. The molecule has 0 rings (SSSR count). The van der Waals surface area contributed by atoms with Crippen LogP contribution in [0.3, 0.4) is 0 Å². The molecule has 0 fully saturated rings. The zero-order chi connectivity index (χ0) is 9.23. The molecule has 0 aromatic carbocycles. The van der Waals surface area contributed by atoms with Gasteiger partial charge in [-0.05, 0) is 26.0 Å². The zero-order valence-corrected chi connectivity index (χ0v) is 7.67. The molecule has 0 aliphatic rings. The first kappa shape index (κ1) is 10.5. The van der Waals surface area contributed by atoms with Crippen molar-refractivity contribution < 1.29 is 0 Å². The van der Waals surface area contributed by atoms with E-state index in [0.29, 0.717) is 0 Å². The Morgan fingerprint density at radius 2 is 2.08 bits per heavy atom. The standard InChI is InChI=1S/C12H14/c1-4-7-9-11-12(6-3)10-8-5-2/h4-8,10H,2H2,1,3H3/b7-4+,10-8-,12-6+. The van der Waals surface area contributed by atoms with E-state index in [9.17, 15) is 0 Å². The molecule has 0 atom stereocenters. The Kier molecular flexibility index (Phi) is 6.68. The fourth-order valence-electron chi connectivity index (χ4n) is 0.590. The predicted molar refractivity (Wildman–Crippen MR) is 55.7 cm³/mol. The molecule has 0 aromatic rings. The molecule has 12 heavy (non-hydrogen) atoms. The Hall–Kier alpha value is -1.48. The summed E-state index contributed by atoms with van der Waals surface area (Å²) in [6, 6.07) is 0. The third kappa shape index (κ3) is 5.32. The number of hydrogen-bond acceptors (Lipinski definition) is 0. The van der Waals surface area contributed by atoms with Crippen molar-refractivity contribution in [3.63, 3.8) is 0 Å². The van der Waals surface area contributed by atoms with Crippen molar-refractivity contribution in [2.45, 2.75) is 13.8 Å². The van der Waals surface area contributed by atoms with Crippen LogP contribution in [-0.2, 0) is 0 Å². The lowest BCUT2D eigenvalue weighted by Gasteiger charge is -1.83. The highest BCUT2D eigenvalue weighted by Crippen LogP contribution is 1.94. The average molecular weight is 158 g/mol. The van der Waals surface area contributed by atoms with E-state index < -0.39 is 0 Å². The molecule has 0 spiro atoms. The molecule has 0 aliphatic carbocycles. The van der Waals surface area contributed by atoms with Gasteiger partial charge in [-0.15, -0.1) is 0 Å². The smallest absolute Gasteiger partial charge is 0.0206 e. The summed E-state index contributed by atoms with van der Waals surface area (Å²) in [6.07, 6.45) is 11.3. The second-order valence-electron chi connectivity index (χ2n) is 2.11. The highest BCUT2D eigenvalue weighted by molar-refractivity contribution is 5.40. The lowest BCUT2D eigenvalue weighted by molar-refractivity contribution is 1.64. The Bertz CT molecular complexity index is 264. The van der Waals surface area contributed by atoms with Crippen molar-refractivity contribution in [1.82, 2.24) is 0 Å². The van der Waals surface area contributed by atoms with E-state index in [1.165, 1.54) is 0 Å². The Balaban J connectivity index is 4.32. The lowest BCUT2D eigenvalue weighted by Crippen LogP contribution is -1.68. The molecule has 0 nitrogen and oxygen atoms in total. The first-order chi connectivity index (χ1) is 5.85. The summed E-state index contributed by atoms with van der Waals surface area (Å²) < 4.78 is 0. The minimum atomic E-state index is 1.01. The molecule has 0 saturated heterocycles. The fourth-order valence-corrected chi connectivity index (χ4v) is 0.590. The summed E-state index contributed by atoms with van der Waals surface area (Å²) in [5.74, 6) is 5.91. The molecule has 0 aliphatic heterocycles.